The molecule has 0 atom stereocenters. The van der Waals surface area contributed by atoms with Gasteiger partial charge in [0.2, 0.25) is 0 Å². The Kier molecular flexibility index (Phi) is 1.15. The summed E-state index contributed by atoms with van der Waals surface area (Å²) in [5.74, 6) is -0.340. The molecule has 4 heteroatoms. The minimum Gasteiger partial charge on any atom is -0.230 e. The molecule has 0 aliphatic heterocycles. The molecule has 56 valence electrons. The molecular formula is C7H6FN3. The zero-order chi connectivity index (χ0) is 7.84. The second-order valence-electron chi connectivity index (χ2n) is 2.33. The minimum absolute atomic E-state index is 0.282. The molecular weight excluding hydrogens is 145 g/mol. The van der Waals surface area contributed by atoms with Crippen LogP contribution in [0.25, 0.3) is 5.65 Å². The van der Waals surface area contributed by atoms with E-state index in [1.54, 1.807) is 13.1 Å². The van der Waals surface area contributed by atoms with E-state index in [0.29, 0.717) is 0 Å². The Hall–Kier alpha value is -1.45. The van der Waals surface area contributed by atoms with Crippen molar-refractivity contribution in [2.75, 3.05) is 0 Å². The van der Waals surface area contributed by atoms with Gasteiger partial charge in [-0.15, -0.1) is 0 Å². The Labute approximate surface area is 62.5 Å². The highest BCUT2D eigenvalue weighted by molar-refractivity contribution is 5.38. The minimum atomic E-state index is -0.340. The first-order valence-corrected chi connectivity index (χ1v) is 3.24. The van der Waals surface area contributed by atoms with Gasteiger partial charge in [-0.05, 0) is 13.0 Å². The molecule has 0 aliphatic rings. The van der Waals surface area contributed by atoms with E-state index in [2.05, 4.69) is 10.1 Å². The Bertz CT molecular complexity index is 393. The first kappa shape index (κ1) is 6.27. The smallest absolute Gasteiger partial charge is 0.190 e. The third-order valence-corrected chi connectivity index (χ3v) is 1.43. The van der Waals surface area contributed by atoms with E-state index < -0.39 is 0 Å². The third kappa shape index (κ3) is 0.869. The number of hydrogen-bond donors (Lipinski definition) is 0. The predicted octanol–water partition coefficient (Wildman–Crippen LogP) is 1.18. The summed E-state index contributed by atoms with van der Waals surface area (Å²) in [5.41, 5.74) is 1.05. The van der Waals surface area contributed by atoms with Gasteiger partial charge in [-0.3, -0.25) is 0 Å². The van der Waals surface area contributed by atoms with Crippen LogP contribution in [0, 0.1) is 12.7 Å². The van der Waals surface area contributed by atoms with Crippen molar-refractivity contribution < 1.29 is 4.39 Å². The topological polar surface area (TPSA) is 30.2 Å². The molecule has 0 amide bonds. The molecule has 2 rings (SSSR count). The van der Waals surface area contributed by atoms with Gasteiger partial charge in [0.25, 0.3) is 0 Å². The molecule has 0 aliphatic carbocycles. The van der Waals surface area contributed by atoms with E-state index >= 15 is 0 Å². The van der Waals surface area contributed by atoms with Crippen LogP contribution in [-0.2, 0) is 0 Å². The largest absolute Gasteiger partial charge is 0.230 e. The molecule has 0 fully saturated rings. The van der Waals surface area contributed by atoms with E-state index in [9.17, 15) is 4.39 Å². The second kappa shape index (κ2) is 2.02. The summed E-state index contributed by atoms with van der Waals surface area (Å²) in [7, 11) is 0. The quantitative estimate of drug-likeness (QED) is 0.565. The lowest BCUT2D eigenvalue weighted by molar-refractivity contribution is 0.622. The Balaban J connectivity index is 2.90. The number of aryl methyl sites for hydroxylation is 1. The van der Waals surface area contributed by atoms with Crippen LogP contribution >= 0.6 is 0 Å². The average Bonchev–Trinajstić information content (AvgIpc) is 2.31. The summed E-state index contributed by atoms with van der Waals surface area (Å²) in [6.45, 7) is 1.80. The fourth-order valence-electron chi connectivity index (χ4n) is 0.981. The first-order chi connectivity index (χ1) is 5.27. The van der Waals surface area contributed by atoms with Gasteiger partial charge in [0.1, 0.15) is 0 Å². The first-order valence-electron chi connectivity index (χ1n) is 3.24. The van der Waals surface area contributed by atoms with Gasteiger partial charge in [-0.2, -0.15) is 5.10 Å². The SMILES string of the molecule is Cc1cn2nccc(F)c2n1. The number of aromatic nitrogens is 3. The van der Waals surface area contributed by atoms with Gasteiger partial charge in [0.15, 0.2) is 11.5 Å². The maximum atomic E-state index is 12.9. The average molecular weight is 151 g/mol. The van der Waals surface area contributed by atoms with Crippen molar-refractivity contribution in [1.29, 1.82) is 0 Å². The lowest BCUT2D eigenvalue weighted by Gasteiger charge is -1.89. The van der Waals surface area contributed by atoms with Crippen molar-refractivity contribution in [3.8, 4) is 0 Å². The fraction of sp³-hybridized carbons (Fsp3) is 0.143. The van der Waals surface area contributed by atoms with Crippen molar-refractivity contribution in [3.05, 3.63) is 30.0 Å². The molecule has 0 spiro atoms. The molecule has 0 radical (unpaired) electrons. The highest BCUT2D eigenvalue weighted by atomic mass is 19.1. The van der Waals surface area contributed by atoms with E-state index in [1.807, 2.05) is 0 Å². The highest BCUT2D eigenvalue weighted by Crippen LogP contribution is 2.05. The molecule has 0 aromatic carbocycles. The molecule has 2 aromatic heterocycles. The van der Waals surface area contributed by atoms with Crippen molar-refractivity contribution in [2.24, 2.45) is 0 Å². The highest BCUT2D eigenvalue weighted by Gasteiger charge is 2.02. The molecule has 0 saturated carbocycles. The summed E-state index contributed by atoms with van der Waals surface area (Å²) >= 11 is 0. The number of rotatable bonds is 0. The summed E-state index contributed by atoms with van der Waals surface area (Å²) in [6.07, 6.45) is 3.09. The lowest BCUT2D eigenvalue weighted by atomic mass is 10.5. The van der Waals surface area contributed by atoms with E-state index in [-0.39, 0.29) is 11.5 Å². The third-order valence-electron chi connectivity index (χ3n) is 1.43. The predicted molar refractivity (Wildman–Crippen MR) is 37.7 cm³/mol. The van der Waals surface area contributed by atoms with Crippen LogP contribution in [0.3, 0.4) is 0 Å². The van der Waals surface area contributed by atoms with Gasteiger partial charge in [0.05, 0.1) is 18.1 Å². The van der Waals surface area contributed by atoms with Crippen LogP contribution in [-0.4, -0.2) is 14.6 Å². The van der Waals surface area contributed by atoms with Crippen LogP contribution < -0.4 is 0 Å². The van der Waals surface area contributed by atoms with Crippen LogP contribution in [0.5, 0.6) is 0 Å². The molecule has 2 heterocycles. The van der Waals surface area contributed by atoms with Crippen molar-refractivity contribution in [2.45, 2.75) is 6.92 Å². The van der Waals surface area contributed by atoms with Crippen LogP contribution in [0.2, 0.25) is 0 Å². The summed E-state index contributed by atoms with van der Waals surface area (Å²) in [6, 6.07) is 1.29. The molecule has 0 unspecified atom stereocenters. The number of imidazole rings is 1. The fourth-order valence-corrected chi connectivity index (χ4v) is 0.981. The maximum Gasteiger partial charge on any atom is 0.190 e. The van der Waals surface area contributed by atoms with Gasteiger partial charge in [-0.25, -0.2) is 13.9 Å². The van der Waals surface area contributed by atoms with Gasteiger partial charge in [-0.1, -0.05) is 0 Å². The molecule has 0 bridgehead atoms. The van der Waals surface area contributed by atoms with Crippen LogP contribution in [0.15, 0.2) is 18.5 Å². The Morgan fingerprint density at radius 3 is 3.09 bits per heavy atom. The van der Waals surface area contributed by atoms with Gasteiger partial charge >= 0.3 is 0 Å². The zero-order valence-corrected chi connectivity index (χ0v) is 5.95. The number of fused-ring (bicyclic) bond motifs is 1. The molecule has 3 nitrogen and oxygen atoms in total. The normalized spacial score (nSPS) is 10.7. The molecule has 2 aromatic rings. The number of halogens is 1. The van der Waals surface area contributed by atoms with E-state index in [0.717, 1.165) is 5.69 Å². The van der Waals surface area contributed by atoms with Crippen molar-refractivity contribution >= 4 is 5.65 Å². The van der Waals surface area contributed by atoms with Crippen molar-refractivity contribution in [3.63, 3.8) is 0 Å². The van der Waals surface area contributed by atoms with Crippen LogP contribution in [0.1, 0.15) is 5.69 Å². The monoisotopic (exact) mass is 151 g/mol. The Morgan fingerprint density at radius 1 is 1.55 bits per heavy atom. The van der Waals surface area contributed by atoms with Crippen LogP contribution in [0.4, 0.5) is 4.39 Å². The number of nitrogens with zero attached hydrogens (tertiary/aromatic N) is 3. The molecule has 11 heavy (non-hydrogen) atoms. The summed E-state index contributed by atoms with van der Waals surface area (Å²) < 4.78 is 14.3. The second-order valence-corrected chi connectivity index (χ2v) is 2.33. The van der Waals surface area contributed by atoms with Crippen molar-refractivity contribution in [1.82, 2.24) is 14.6 Å². The standard InChI is InChI=1S/C7H6FN3/c1-5-4-11-7(10-5)6(8)2-3-9-11/h2-4H,1H3. The zero-order valence-electron chi connectivity index (χ0n) is 5.95. The molecule has 0 saturated heterocycles. The lowest BCUT2D eigenvalue weighted by Crippen LogP contribution is -1.90. The van der Waals surface area contributed by atoms with Gasteiger partial charge < -0.3 is 0 Å². The maximum absolute atomic E-state index is 12.9. The Morgan fingerprint density at radius 2 is 2.36 bits per heavy atom. The summed E-state index contributed by atoms with van der Waals surface area (Å²) in [4.78, 5) is 3.94. The van der Waals surface area contributed by atoms with E-state index in [1.165, 1.54) is 16.8 Å². The molecule has 0 N–H and O–H groups in total. The summed E-state index contributed by atoms with van der Waals surface area (Å²) in [5, 5.41) is 3.88. The van der Waals surface area contributed by atoms with E-state index in [4.69, 9.17) is 0 Å². The van der Waals surface area contributed by atoms with Gasteiger partial charge in [0, 0.05) is 0 Å². The number of hydrogen-bond acceptors (Lipinski definition) is 2.